The highest BCUT2D eigenvalue weighted by molar-refractivity contribution is 7.99. The Kier molecular flexibility index (Phi) is 6.81. The molecule has 0 aliphatic rings. The molecule has 2 aromatic heterocycles. The quantitative estimate of drug-likeness (QED) is 0.412. The van der Waals surface area contributed by atoms with Gasteiger partial charge in [0.25, 0.3) is 0 Å². The molecule has 7 nitrogen and oxygen atoms in total. The lowest BCUT2D eigenvalue weighted by atomic mass is 10.1. The first kappa shape index (κ1) is 21.6. The Hall–Kier alpha value is -3.65. The van der Waals surface area contributed by atoms with Crippen LogP contribution in [0.2, 0.25) is 0 Å². The van der Waals surface area contributed by atoms with Crippen LogP contribution in [0.3, 0.4) is 0 Å². The molecule has 32 heavy (non-hydrogen) atoms. The molecule has 4 aromatic rings. The van der Waals surface area contributed by atoms with E-state index in [9.17, 15) is 4.79 Å². The summed E-state index contributed by atoms with van der Waals surface area (Å²) in [4.78, 5) is 16.4. The monoisotopic (exact) mass is 445 g/mol. The summed E-state index contributed by atoms with van der Waals surface area (Å²) in [6, 6.07) is 19.6. The Balaban J connectivity index is 1.58. The van der Waals surface area contributed by atoms with Gasteiger partial charge >= 0.3 is 0 Å². The number of benzene rings is 2. The number of thioether (sulfide) groups is 1. The molecular weight excluding hydrogens is 422 g/mol. The minimum Gasteiger partial charge on any atom is -0.496 e. The molecule has 8 heteroatoms. The summed E-state index contributed by atoms with van der Waals surface area (Å²) in [5.74, 6) is 1.51. The molecule has 0 saturated carbocycles. The summed E-state index contributed by atoms with van der Waals surface area (Å²) in [5.41, 5.74) is 3.91. The maximum absolute atomic E-state index is 12.4. The Bertz CT molecular complexity index is 1190. The van der Waals surface area contributed by atoms with Gasteiger partial charge < -0.3 is 10.1 Å². The van der Waals surface area contributed by atoms with E-state index in [1.807, 2.05) is 72.2 Å². The van der Waals surface area contributed by atoms with Gasteiger partial charge in [-0.25, -0.2) is 0 Å². The SMILES string of the molecule is COc1ccccc1-c1nnc(SCC(=O)NCc2ccncc2)n1-c1ccc(C)cc1. The van der Waals surface area contributed by atoms with E-state index in [-0.39, 0.29) is 11.7 Å². The fraction of sp³-hybridized carbons (Fsp3) is 0.167. The zero-order valence-corrected chi connectivity index (χ0v) is 18.7. The highest BCUT2D eigenvalue weighted by Gasteiger charge is 2.19. The minimum atomic E-state index is -0.0795. The van der Waals surface area contributed by atoms with Gasteiger partial charge in [0.05, 0.1) is 18.4 Å². The summed E-state index contributed by atoms with van der Waals surface area (Å²) >= 11 is 1.34. The van der Waals surface area contributed by atoms with Gasteiger partial charge in [-0.05, 0) is 48.9 Å². The number of hydrogen-bond donors (Lipinski definition) is 1. The molecule has 162 valence electrons. The van der Waals surface area contributed by atoms with Gasteiger partial charge in [-0.3, -0.25) is 14.3 Å². The van der Waals surface area contributed by atoms with Crippen molar-refractivity contribution in [1.29, 1.82) is 0 Å². The summed E-state index contributed by atoms with van der Waals surface area (Å²) in [5, 5.41) is 12.4. The highest BCUT2D eigenvalue weighted by atomic mass is 32.2. The average Bonchev–Trinajstić information content (AvgIpc) is 3.26. The third-order valence-corrected chi connectivity index (χ3v) is 5.77. The van der Waals surface area contributed by atoms with Crippen molar-refractivity contribution in [1.82, 2.24) is 25.1 Å². The number of amides is 1. The number of pyridine rings is 1. The Morgan fingerprint density at radius 1 is 1.03 bits per heavy atom. The van der Waals surface area contributed by atoms with E-state index >= 15 is 0 Å². The van der Waals surface area contributed by atoms with Crippen molar-refractivity contribution >= 4 is 17.7 Å². The molecule has 0 fully saturated rings. The van der Waals surface area contributed by atoms with E-state index in [0.29, 0.717) is 23.3 Å². The number of carbonyl (C=O) groups excluding carboxylic acids is 1. The lowest BCUT2D eigenvalue weighted by molar-refractivity contribution is -0.118. The minimum absolute atomic E-state index is 0.0795. The van der Waals surface area contributed by atoms with E-state index in [0.717, 1.165) is 22.4 Å². The van der Waals surface area contributed by atoms with Crippen LogP contribution in [0.4, 0.5) is 0 Å². The number of para-hydroxylation sites is 1. The van der Waals surface area contributed by atoms with Crippen LogP contribution in [0.1, 0.15) is 11.1 Å². The molecular formula is C24H23N5O2S. The second-order valence-electron chi connectivity index (χ2n) is 7.10. The summed E-state index contributed by atoms with van der Waals surface area (Å²) < 4.78 is 7.49. The molecule has 0 saturated heterocycles. The topological polar surface area (TPSA) is 81.9 Å². The van der Waals surface area contributed by atoms with Crippen molar-refractivity contribution in [2.45, 2.75) is 18.6 Å². The van der Waals surface area contributed by atoms with Crippen LogP contribution in [0.5, 0.6) is 5.75 Å². The van der Waals surface area contributed by atoms with E-state index in [4.69, 9.17) is 4.74 Å². The fourth-order valence-corrected chi connectivity index (χ4v) is 3.96. The Labute approximate surface area is 190 Å². The number of rotatable bonds is 8. The van der Waals surface area contributed by atoms with Crippen LogP contribution in [-0.2, 0) is 11.3 Å². The number of aromatic nitrogens is 4. The van der Waals surface area contributed by atoms with Gasteiger partial charge in [0.1, 0.15) is 5.75 Å². The molecule has 0 aliphatic carbocycles. The van der Waals surface area contributed by atoms with Gasteiger partial charge in [0, 0.05) is 24.6 Å². The third-order valence-electron chi connectivity index (χ3n) is 4.84. The number of methoxy groups -OCH3 is 1. The summed E-state index contributed by atoms with van der Waals surface area (Å²) in [6.07, 6.45) is 3.42. The molecule has 4 rings (SSSR count). The number of aryl methyl sites for hydroxylation is 1. The first-order valence-corrected chi connectivity index (χ1v) is 11.1. The molecule has 0 bridgehead atoms. The van der Waals surface area contributed by atoms with Crippen molar-refractivity contribution in [2.24, 2.45) is 0 Å². The van der Waals surface area contributed by atoms with E-state index in [2.05, 4.69) is 20.5 Å². The van der Waals surface area contributed by atoms with Crippen molar-refractivity contribution in [3.05, 3.63) is 84.2 Å². The fourth-order valence-electron chi connectivity index (χ4n) is 3.18. The second-order valence-corrected chi connectivity index (χ2v) is 8.04. The van der Waals surface area contributed by atoms with Gasteiger partial charge in [-0.1, -0.05) is 41.6 Å². The first-order chi connectivity index (χ1) is 15.7. The van der Waals surface area contributed by atoms with E-state index in [1.54, 1.807) is 19.5 Å². The number of hydrogen-bond acceptors (Lipinski definition) is 6. The molecule has 0 atom stereocenters. The molecule has 2 aromatic carbocycles. The number of nitrogens with one attached hydrogen (secondary N) is 1. The zero-order chi connectivity index (χ0) is 22.3. The lowest BCUT2D eigenvalue weighted by Gasteiger charge is -2.13. The molecule has 2 heterocycles. The van der Waals surface area contributed by atoms with Gasteiger partial charge in [0.15, 0.2) is 11.0 Å². The standard InChI is InChI=1S/C24H23N5O2S/c1-17-7-9-19(10-8-17)29-23(20-5-3-4-6-21(20)31-2)27-28-24(29)32-16-22(30)26-15-18-11-13-25-14-12-18/h3-14H,15-16H2,1-2H3,(H,26,30). The largest absolute Gasteiger partial charge is 0.496 e. The average molecular weight is 446 g/mol. The van der Waals surface area contributed by atoms with Crippen LogP contribution in [0, 0.1) is 6.92 Å². The normalized spacial score (nSPS) is 10.7. The third kappa shape index (κ3) is 4.97. The van der Waals surface area contributed by atoms with E-state index < -0.39 is 0 Å². The summed E-state index contributed by atoms with van der Waals surface area (Å²) in [6.45, 7) is 2.50. The number of nitrogens with zero attached hydrogens (tertiary/aromatic N) is 4. The molecule has 1 amide bonds. The highest BCUT2D eigenvalue weighted by Crippen LogP contribution is 2.33. The molecule has 0 unspecified atom stereocenters. The van der Waals surface area contributed by atoms with Crippen molar-refractivity contribution in [3.8, 4) is 22.8 Å². The van der Waals surface area contributed by atoms with Crippen molar-refractivity contribution < 1.29 is 9.53 Å². The molecule has 1 N–H and O–H groups in total. The van der Waals surface area contributed by atoms with Crippen molar-refractivity contribution in [2.75, 3.05) is 12.9 Å². The second kappa shape index (κ2) is 10.1. The van der Waals surface area contributed by atoms with Crippen LogP contribution >= 0.6 is 11.8 Å². The summed E-state index contributed by atoms with van der Waals surface area (Å²) in [7, 11) is 1.63. The predicted octanol–water partition coefficient (Wildman–Crippen LogP) is 4.05. The predicted molar refractivity (Wildman–Crippen MR) is 125 cm³/mol. The first-order valence-electron chi connectivity index (χ1n) is 10.1. The molecule has 0 aliphatic heterocycles. The lowest BCUT2D eigenvalue weighted by Crippen LogP contribution is -2.24. The zero-order valence-electron chi connectivity index (χ0n) is 17.9. The number of carbonyl (C=O) groups is 1. The van der Waals surface area contributed by atoms with Gasteiger partial charge in [-0.2, -0.15) is 0 Å². The van der Waals surface area contributed by atoms with E-state index in [1.165, 1.54) is 11.8 Å². The van der Waals surface area contributed by atoms with Crippen LogP contribution in [-0.4, -0.2) is 38.5 Å². The maximum atomic E-state index is 12.4. The van der Waals surface area contributed by atoms with Gasteiger partial charge in [-0.15, -0.1) is 10.2 Å². The maximum Gasteiger partial charge on any atom is 0.230 e. The smallest absolute Gasteiger partial charge is 0.230 e. The van der Waals surface area contributed by atoms with Crippen LogP contribution in [0.15, 0.2) is 78.2 Å². The molecule has 0 spiro atoms. The van der Waals surface area contributed by atoms with Gasteiger partial charge in [0.2, 0.25) is 5.91 Å². The number of ether oxygens (including phenoxy) is 1. The van der Waals surface area contributed by atoms with Crippen LogP contribution in [0.25, 0.3) is 17.1 Å². The Morgan fingerprint density at radius 3 is 2.53 bits per heavy atom. The van der Waals surface area contributed by atoms with Crippen molar-refractivity contribution in [3.63, 3.8) is 0 Å². The van der Waals surface area contributed by atoms with Crippen LogP contribution < -0.4 is 10.1 Å². The Morgan fingerprint density at radius 2 is 1.78 bits per heavy atom. The molecule has 0 radical (unpaired) electrons.